The zero-order valence-electron chi connectivity index (χ0n) is 9.98. The molecule has 0 spiro atoms. The maximum atomic E-state index is 11.6. The molecular formula is C11H18N4O2. The van der Waals surface area contributed by atoms with Gasteiger partial charge in [0.2, 0.25) is 0 Å². The van der Waals surface area contributed by atoms with E-state index in [-0.39, 0.29) is 18.2 Å². The van der Waals surface area contributed by atoms with E-state index in [1.165, 1.54) is 6.20 Å². The summed E-state index contributed by atoms with van der Waals surface area (Å²) < 4.78 is 5.62. The topological polar surface area (TPSA) is 84.2 Å². The Balaban J connectivity index is 2.16. The van der Waals surface area contributed by atoms with E-state index in [0.29, 0.717) is 18.0 Å². The third kappa shape index (κ3) is 2.71. The van der Waals surface area contributed by atoms with Crippen molar-refractivity contribution in [2.75, 3.05) is 26.2 Å². The Hall–Kier alpha value is -1.24. The number of aromatic amines is 1. The lowest BCUT2D eigenvalue weighted by Crippen LogP contribution is -2.39. The van der Waals surface area contributed by atoms with Gasteiger partial charge in [0.15, 0.2) is 0 Å². The number of hydrogen-bond donors (Lipinski definition) is 2. The maximum absolute atomic E-state index is 11.6. The minimum atomic E-state index is -0.172. The van der Waals surface area contributed by atoms with Crippen molar-refractivity contribution in [3.05, 3.63) is 27.9 Å². The van der Waals surface area contributed by atoms with Crippen molar-refractivity contribution in [1.82, 2.24) is 14.9 Å². The molecule has 1 aliphatic rings. The highest BCUT2D eigenvalue weighted by Gasteiger charge is 2.22. The fraction of sp³-hybridized carbons (Fsp3) is 0.636. The molecule has 1 atom stereocenters. The van der Waals surface area contributed by atoms with Gasteiger partial charge in [-0.05, 0) is 6.54 Å². The highest BCUT2D eigenvalue weighted by molar-refractivity contribution is 5.07. The highest BCUT2D eigenvalue weighted by atomic mass is 16.5. The van der Waals surface area contributed by atoms with Crippen LogP contribution in [0.3, 0.4) is 0 Å². The van der Waals surface area contributed by atoms with E-state index in [2.05, 4.69) is 21.8 Å². The number of ether oxygens (including phenoxy) is 1. The fourth-order valence-corrected chi connectivity index (χ4v) is 1.90. The monoisotopic (exact) mass is 238 g/mol. The van der Waals surface area contributed by atoms with Gasteiger partial charge in [-0.1, -0.05) is 6.92 Å². The number of hydrogen-bond acceptors (Lipinski definition) is 5. The summed E-state index contributed by atoms with van der Waals surface area (Å²) in [6.07, 6.45) is 1.38. The maximum Gasteiger partial charge on any atom is 0.255 e. The lowest BCUT2D eigenvalue weighted by atomic mass is 10.2. The summed E-state index contributed by atoms with van der Waals surface area (Å²) in [5.74, 6) is 0.588. The molecule has 1 saturated heterocycles. The third-order valence-electron chi connectivity index (χ3n) is 3.02. The van der Waals surface area contributed by atoms with Gasteiger partial charge in [-0.15, -0.1) is 0 Å². The summed E-state index contributed by atoms with van der Waals surface area (Å²) in [5, 5.41) is 0. The summed E-state index contributed by atoms with van der Waals surface area (Å²) in [6, 6.07) is 0. The van der Waals surface area contributed by atoms with Crippen LogP contribution in [0.1, 0.15) is 24.4 Å². The van der Waals surface area contributed by atoms with E-state index in [0.717, 1.165) is 19.6 Å². The highest BCUT2D eigenvalue weighted by Crippen LogP contribution is 2.17. The molecule has 1 fully saturated rings. The molecule has 0 radical (unpaired) electrons. The normalized spacial score (nSPS) is 21.6. The molecule has 0 aromatic carbocycles. The number of nitrogens with one attached hydrogen (secondary N) is 1. The number of rotatable bonds is 3. The van der Waals surface area contributed by atoms with Gasteiger partial charge >= 0.3 is 0 Å². The number of morpholine rings is 1. The van der Waals surface area contributed by atoms with Crippen LogP contribution in [0.2, 0.25) is 0 Å². The van der Waals surface area contributed by atoms with Gasteiger partial charge in [0, 0.05) is 31.4 Å². The van der Waals surface area contributed by atoms with Gasteiger partial charge in [-0.2, -0.15) is 0 Å². The second kappa shape index (κ2) is 5.39. The molecule has 94 valence electrons. The van der Waals surface area contributed by atoms with Crippen LogP contribution >= 0.6 is 0 Å². The minimum Gasteiger partial charge on any atom is -0.368 e. The molecule has 3 N–H and O–H groups in total. The molecule has 2 heterocycles. The van der Waals surface area contributed by atoms with Crippen LogP contribution in [0.4, 0.5) is 0 Å². The van der Waals surface area contributed by atoms with Crippen molar-refractivity contribution in [1.29, 1.82) is 0 Å². The number of aromatic nitrogens is 2. The predicted molar refractivity (Wildman–Crippen MR) is 63.6 cm³/mol. The molecule has 0 amide bonds. The largest absolute Gasteiger partial charge is 0.368 e. The SMILES string of the molecule is CCN1CCOC(c2ncc(CN)c(=O)[nH]2)C1. The van der Waals surface area contributed by atoms with Crippen LogP contribution in [0.25, 0.3) is 0 Å². The van der Waals surface area contributed by atoms with Crippen LogP contribution in [0, 0.1) is 0 Å². The summed E-state index contributed by atoms with van der Waals surface area (Å²) in [5.41, 5.74) is 5.75. The Morgan fingerprint density at radius 2 is 2.53 bits per heavy atom. The second-order valence-corrected chi connectivity index (χ2v) is 4.08. The standard InChI is InChI=1S/C11H18N4O2/c1-2-15-3-4-17-9(7-15)10-13-6-8(5-12)11(16)14-10/h6,9H,2-5,7,12H2,1H3,(H,13,14,16). The molecule has 0 aliphatic carbocycles. The molecule has 1 aromatic rings. The van der Waals surface area contributed by atoms with Crippen molar-refractivity contribution < 1.29 is 4.74 Å². The zero-order chi connectivity index (χ0) is 12.3. The van der Waals surface area contributed by atoms with E-state index >= 15 is 0 Å². The Kier molecular flexibility index (Phi) is 3.88. The Bertz CT molecular complexity index is 432. The fourth-order valence-electron chi connectivity index (χ4n) is 1.90. The molecule has 0 bridgehead atoms. The molecule has 1 aliphatic heterocycles. The smallest absolute Gasteiger partial charge is 0.255 e. The van der Waals surface area contributed by atoms with E-state index in [9.17, 15) is 4.79 Å². The van der Waals surface area contributed by atoms with Crippen LogP contribution in [0.15, 0.2) is 11.0 Å². The van der Waals surface area contributed by atoms with Gasteiger partial charge < -0.3 is 15.5 Å². The zero-order valence-corrected chi connectivity index (χ0v) is 9.98. The lowest BCUT2D eigenvalue weighted by molar-refractivity contribution is -0.0327. The first kappa shape index (κ1) is 12.2. The second-order valence-electron chi connectivity index (χ2n) is 4.08. The quantitative estimate of drug-likeness (QED) is 0.750. The Labute approximate surface area is 99.8 Å². The van der Waals surface area contributed by atoms with Gasteiger partial charge in [0.05, 0.1) is 6.61 Å². The number of likely N-dealkylation sites (N-methyl/N-ethyl adjacent to an activating group) is 1. The van der Waals surface area contributed by atoms with Crippen LogP contribution in [0.5, 0.6) is 0 Å². The molecule has 6 nitrogen and oxygen atoms in total. The molecule has 6 heteroatoms. The molecule has 0 saturated carbocycles. The van der Waals surface area contributed by atoms with Gasteiger partial charge in [-0.3, -0.25) is 9.69 Å². The van der Waals surface area contributed by atoms with Crippen LogP contribution in [-0.4, -0.2) is 41.1 Å². The van der Waals surface area contributed by atoms with Crippen molar-refractivity contribution in [3.63, 3.8) is 0 Å². The van der Waals surface area contributed by atoms with E-state index < -0.39 is 0 Å². The van der Waals surface area contributed by atoms with Gasteiger partial charge in [0.1, 0.15) is 11.9 Å². The lowest BCUT2D eigenvalue weighted by Gasteiger charge is -2.31. The van der Waals surface area contributed by atoms with Crippen molar-refractivity contribution in [2.24, 2.45) is 5.73 Å². The van der Waals surface area contributed by atoms with E-state index in [1.807, 2.05) is 0 Å². The van der Waals surface area contributed by atoms with Crippen molar-refractivity contribution in [2.45, 2.75) is 19.6 Å². The van der Waals surface area contributed by atoms with Crippen molar-refractivity contribution >= 4 is 0 Å². The summed E-state index contributed by atoms with van der Waals surface area (Å²) >= 11 is 0. The van der Waals surface area contributed by atoms with Crippen LogP contribution in [-0.2, 0) is 11.3 Å². The van der Waals surface area contributed by atoms with Gasteiger partial charge in [-0.25, -0.2) is 4.98 Å². The predicted octanol–water partition coefficient (Wildman–Crippen LogP) is -0.378. The number of H-pyrrole nitrogens is 1. The summed E-state index contributed by atoms with van der Waals surface area (Å²) in [6.45, 7) is 5.65. The molecule has 2 rings (SSSR count). The average Bonchev–Trinajstić information content (AvgIpc) is 2.38. The molecule has 1 unspecified atom stereocenters. The first-order valence-corrected chi connectivity index (χ1v) is 5.86. The van der Waals surface area contributed by atoms with Gasteiger partial charge in [0.25, 0.3) is 5.56 Å². The minimum absolute atomic E-state index is 0.150. The molecule has 17 heavy (non-hydrogen) atoms. The first-order valence-electron chi connectivity index (χ1n) is 5.86. The van der Waals surface area contributed by atoms with E-state index in [4.69, 9.17) is 10.5 Å². The first-order chi connectivity index (χ1) is 8.24. The molecule has 1 aromatic heterocycles. The summed E-state index contributed by atoms with van der Waals surface area (Å²) in [7, 11) is 0. The van der Waals surface area contributed by atoms with Crippen molar-refractivity contribution in [3.8, 4) is 0 Å². The average molecular weight is 238 g/mol. The number of nitrogens with zero attached hydrogens (tertiary/aromatic N) is 2. The third-order valence-corrected chi connectivity index (χ3v) is 3.02. The molecular weight excluding hydrogens is 220 g/mol. The summed E-state index contributed by atoms with van der Waals surface area (Å²) in [4.78, 5) is 20.8. The Morgan fingerprint density at radius 1 is 1.71 bits per heavy atom. The Morgan fingerprint density at radius 3 is 3.18 bits per heavy atom. The van der Waals surface area contributed by atoms with Crippen LogP contribution < -0.4 is 11.3 Å². The van der Waals surface area contributed by atoms with E-state index in [1.54, 1.807) is 0 Å². The number of nitrogens with two attached hydrogens (primary N) is 1.